The van der Waals surface area contributed by atoms with Crippen LogP contribution >= 0.6 is 11.6 Å². The third kappa shape index (κ3) is 3.48. The van der Waals surface area contributed by atoms with Gasteiger partial charge in [0.1, 0.15) is 12.2 Å². The number of rotatable bonds is 4. The van der Waals surface area contributed by atoms with Crippen molar-refractivity contribution in [2.24, 2.45) is 11.8 Å². The highest BCUT2D eigenvalue weighted by Crippen LogP contribution is 2.41. The number of fused-ring (bicyclic) bond motifs is 1. The number of amides is 2. The highest BCUT2D eigenvalue weighted by Gasteiger charge is 2.53. The second kappa shape index (κ2) is 7.80. The van der Waals surface area contributed by atoms with Crippen LogP contribution in [0.1, 0.15) is 45.4 Å². The molecule has 0 spiro atoms. The number of alkyl halides is 2. The summed E-state index contributed by atoms with van der Waals surface area (Å²) < 4.78 is 19.5. The predicted octanol–water partition coefficient (Wildman–Crippen LogP) is 1.79. The Bertz CT molecular complexity index is 566. The molecule has 1 heterocycles. The van der Waals surface area contributed by atoms with Crippen LogP contribution in [0.5, 0.6) is 0 Å². The molecule has 0 aromatic carbocycles. The number of hydrogen-bond donors (Lipinski definition) is 1. The molecule has 3 rings (SSSR count). The number of carbonyl (C=O) groups excluding carboxylic acids is 3. The molecular weight excluding hydrogens is 363 g/mol. The SMILES string of the molecule is COC(=O)C(C)NC1CC(N2C(=O)C3CCCCC3C2=O)C(F)CC1Cl. The molecule has 3 aliphatic rings. The third-order valence-corrected chi connectivity index (χ3v) is 6.51. The number of hydrogen-bond acceptors (Lipinski definition) is 5. The fraction of sp³-hybridized carbons (Fsp3) is 0.833. The number of halogens is 2. The lowest BCUT2D eigenvalue weighted by Crippen LogP contribution is -2.58. The Kier molecular flexibility index (Phi) is 5.87. The van der Waals surface area contributed by atoms with Crippen LogP contribution < -0.4 is 5.32 Å². The summed E-state index contributed by atoms with van der Waals surface area (Å²) in [6, 6.07) is -1.81. The van der Waals surface area contributed by atoms with E-state index in [-0.39, 0.29) is 42.5 Å². The molecule has 6 nitrogen and oxygen atoms in total. The first-order valence-electron chi connectivity index (χ1n) is 9.34. The predicted molar refractivity (Wildman–Crippen MR) is 93.3 cm³/mol. The van der Waals surface area contributed by atoms with Crippen molar-refractivity contribution in [2.75, 3.05) is 7.11 Å². The summed E-state index contributed by atoms with van der Waals surface area (Å²) in [5, 5.41) is 2.54. The van der Waals surface area contributed by atoms with Gasteiger partial charge in [-0.1, -0.05) is 12.8 Å². The van der Waals surface area contributed by atoms with Crippen LogP contribution in [0.25, 0.3) is 0 Å². The van der Waals surface area contributed by atoms with Crippen molar-refractivity contribution in [3.8, 4) is 0 Å². The van der Waals surface area contributed by atoms with Crippen LogP contribution in [-0.4, -0.2) is 59.5 Å². The summed E-state index contributed by atoms with van der Waals surface area (Å²) >= 11 is 6.29. The molecule has 0 bridgehead atoms. The Morgan fingerprint density at radius 2 is 1.81 bits per heavy atom. The number of methoxy groups -OCH3 is 1. The van der Waals surface area contributed by atoms with Crippen molar-refractivity contribution in [3.63, 3.8) is 0 Å². The van der Waals surface area contributed by atoms with E-state index in [0.29, 0.717) is 12.8 Å². The molecular formula is C18H26ClFN2O4. The average molecular weight is 389 g/mol. The highest BCUT2D eigenvalue weighted by atomic mass is 35.5. The maximum absolute atomic E-state index is 14.8. The maximum atomic E-state index is 14.8. The zero-order valence-corrected chi connectivity index (χ0v) is 15.9. The van der Waals surface area contributed by atoms with Crippen LogP contribution in [0.2, 0.25) is 0 Å². The molecule has 7 unspecified atom stereocenters. The smallest absolute Gasteiger partial charge is 0.322 e. The number of nitrogens with zero attached hydrogens (tertiary/aromatic N) is 1. The normalized spacial score (nSPS) is 38.8. The van der Waals surface area contributed by atoms with E-state index < -0.39 is 29.6 Å². The summed E-state index contributed by atoms with van der Waals surface area (Å²) in [5.74, 6) is -1.50. The summed E-state index contributed by atoms with van der Waals surface area (Å²) in [6.07, 6.45) is 2.16. The summed E-state index contributed by atoms with van der Waals surface area (Å²) in [7, 11) is 1.29. The molecule has 26 heavy (non-hydrogen) atoms. The van der Waals surface area contributed by atoms with Crippen LogP contribution in [0.15, 0.2) is 0 Å². The monoisotopic (exact) mass is 388 g/mol. The highest BCUT2D eigenvalue weighted by molar-refractivity contribution is 6.21. The summed E-state index contributed by atoms with van der Waals surface area (Å²) in [4.78, 5) is 38.4. The zero-order chi connectivity index (χ0) is 19.0. The molecule has 3 fully saturated rings. The van der Waals surface area contributed by atoms with Crippen molar-refractivity contribution in [1.29, 1.82) is 0 Å². The quantitative estimate of drug-likeness (QED) is 0.451. The molecule has 1 N–H and O–H groups in total. The van der Waals surface area contributed by atoms with Gasteiger partial charge in [-0.2, -0.15) is 0 Å². The van der Waals surface area contributed by atoms with Gasteiger partial charge in [0.05, 0.1) is 30.4 Å². The zero-order valence-electron chi connectivity index (χ0n) is 15.1. The molecule has 0 radical (unpaired) electrons. The fourth-order valence-electron chi connectivity index (χ4n) is 4.61. The first-order valence-corrected chi connectivity index (χ1v) is 9.77. The van der Waals surface area contributed by atoms with E-state index in [1.54, 1.807) is 6.92 Å². The number of imide groups is 1. The van der Waals surface area contributed by atoms with Gasteiger partial charge in [0.25, 0.3) is 0 Å². The minimum absolute atomic E-state index is 0.0319. The molecule has 7 atom stereocenters. The Morgan fingerprint density at radius 1 is 1.23 bits per heavy atom. The topological polar surface area (TPSA) is 75.7 Å². The molecule has 0 aromatic heterocycles. The first kappa shape index (κ1) is 19.5. The Labute approximate surface area is 157 Å². The van der Waals surface area contributed by atoms with Gasteiger partial charge in [0.2, 0.25) is 11.8 Å². The Balaban J connectivity index is 1.75. The molecule has 8 heteroatoms. The molecule has 1 saturated heterocycles. The number of nitrogens with one attached hydrogen (secondary N) is 1. The molecule has 2 aliphatic carbocycles. The Morgan fingerprint density at radius 3 is 2.35 bits per heavy atom. The number of likely N-dealkylation sites (tertiary alicyclic amines) is 1. The van der Waals surface area contributed by atoms with Crippen molar-refractivity contribution >= 4 is 29.4 Å². The van der Waals surface area contributed by atoms with Crippen LogP contribution in [0.4, 0.5) is 4.39 Å². The van der Waals surface area contributed by atoms with Gasteiger partial charge in [-0.3, -0.25) is 19.3 Å². The largest absolute Gasteiger partial charge is 0.468 e. The number of esters is 1. The van der Waals surface area contributed by atoms with E-state index in [1.807, 2.05) is 0 Å². The maximum Gasteiger partial charge on any atom is 0.322 e. The van der Waals surface area contributed by atoms with E-state index in [4.69, 9.17) is 16.3 Å². The number of ether oxygens (including phenoxy) is 1. The van der Waals surface area contributed by atoms with Gasteiger partial charge >= 0.3 is 5.97 Å². The molecule has 146 valence electrons. The second-order valence-electron chi connectivity index (χ2n) is 7.63. The van der Waals surface area contributed by atoms with E-state index in [1.165, 1.54) is 12.0 Å². The molecule has 0 aromatic rings. The second-order valence-corrected chi connectivity index (χ2v) is 8.19. The van der Waals surface area contributed by atoms with E-state index in [2.05, 4.69) is 5.32 Å². The van der Waals surface area contributed by atoms with Crippen LogP contribution in [0, 0.1) is 11.8 Å². The van der Waals surface area contributed by atoms with Crippen molar-refractivity contribution in [2.45, 2.75) is 75.1 Å². The average Bonchev–Trinajstić information content (AvgIpc) is 2.88. The summed E-state index contributed by atoms with van der Waals surface area (Å²) in [6.45, 7) is 1.65. The van der Waals surface area contributed by atoms with E-state index in [9.17, 15) is 18.8 Å². The lowest BCUT2D eigenvalue weighted by molar-refractivity contribution is -0.147. The fourth-order valence-corrected chi connectivity index (χ4v) is 4.96. The lowest BCUT2D eigenvalue weighted by Gasteiger charge is -2.40. The van der Waals surface area contributed by atoms with Crippen molar-refractivity contribution in [3.05, 3.63) is 0 Å². The Hall–Kier alpha value is -1.21. The van der Waals surface area contributed by atoms with Gasteiger partial charge < -0.3 is 10.1 Å². The van der Waals surface area contributed by atoms with Crippen LogP contribution in [0.3, 0.4) is 0 Å². The van der Waals surface area contributed by atoms with Gasteiger partial charge in [-0.15, -0.1) is 11.6 Å². The van der Waals surface area contributed by atoms with Crippen LogP contribution in [-0.2, 0) is 19.1 Å². The van der Waals surface area contributed by atoms with Gasteiger partial charge in [-0.05, 0) is 32.6 Å². The minimum Gasteiger partial charge on any atom is -0.468 e. The van der Waals surface area contributed by atoms with Crippen molar-refractivity contribution < 1.29 is 23.5 Å². The minimum atomic E-state index is -1.35. The third-order valence-electron chi connectivity index (χ3n) is 6.03. The lowest BCUT2D eigenvalue weighted by atomic mass is 9.81. The molecule has 2 amide bonds. The standard InChI is InChI=1S/C18H26ClFN2O4/c1-9(18(25)26-2)21-14-8-15(13(20)7-12(14)19)22-16(23)10-5-3-4-6-11(10)17(22)24/h9-15,21H,3-8H2,1-2H3. The molecule has 2 saturated carbocycles. The number of carbonyl (C=O) groups is 3. The van der Waals surface area contributed by atoms with Gasteiger partial charge in [0.15, 0.2) is 0 Å². The first-order chi connectivity index (χ1) is 12.3. The van der Waals surface area contributed by atoms with E-state index in [0.717, 1.165) is 12.8 Å². The molecule has 1 aliphatic heterocycles. The van der Waals surface area contributed by atoms with E-state index >= 15 is 0 Å². The van der Waals surface area contributed by atoms with Gasteiger partial charge in [0, 0.05) is 6.04 Å². The van der Waals surface area contributed by atoms with Crippen molar-refractivity contribution in [1.82, 2.24) is 10.2 Å². The van der Waals surface area contributed by atoms with Gasteiger partial charge in [-0.25, -0.2) is 4.39 Å². The summed E-state index contributed by atoms with van der Waals surface area (Å²) in [5.41, 5.74) is 0.